The lowest BCUT2D eigenvalue weighted by Gasteiger charge is -2.40. The van der Waals surface area contributed by atoms with E-state index < -0.39 is 23.7 Å². The van der Waals surface area contributed by atoms with Crippen LogP contribution in [0.3, 0.4) is 0 Å². The molecule has 0 spiro atoms. The molecule has 2 saturated heterocycles. The highest BCUT2D eigenvalue weighted by molar-refractivity contribution is 5.88. The van der Waals surface area contributed by atoms with E-state index in [4.69, 9.17) is 4.74 Å². The molecule has 39 heavy (non-hydrogen) atoms. The molecule has 3 atom stereocenters. The van der Waals surface area contributed by atoms with E-state index in [1.54, 1.807) is 23.9 Å². The smallest absolute Gasteiger partial charge is 0.410 e. The summed E-state index contributed by atoms with van der Waals surface area (Å²) in [6.45, 7) is 10.9. The molecule has 0 bridgehead atoms. The number of nitriles is 1. The number of carbonyl (C=O) groups is 3. The summed E-state index contributed by atoms with van der Waals surface area (Å²) < 4.78 is 5.61. The standard InChI is InChI=1S/C30H45N5O4/c1-7-24-9-8-14-35(29(38)39-30(2,3)4)27(24)26(36)20-23(21-31)19-22-10-12-25(13-11-22)33-15-17-34(18-16-33)28(37)32(5)6/h10-13,23-24,27H,7-9,14-20H2,1-6H3/t23-,24-,27+/m1/s1. The van der Waals surface area contributed by atoms with Gasteiger partial charge in [0.15, 0.2) is 5.78 Å². The molecule has 0 saturated carbocycles. The van der Waals surface area contributed by atoms with Crippen LogP contribution in [0.25, 0.3) is 0 Å². The number of carbonyl (C=O) groups excluding carboxylic acids is 3. The fourth-order valence-corrected chi connectivity index (χ4v) is 5.56. The zero-order valence-electron chi connectivity index (χ0n) is 24.5. The lowest BCUT2D eigenvalue weighted by atomic mass is 9.82. The zero-order valence-corrected chi connectivity index (χ0v) is 24.5. The first-order valence-electron chi connectivity index (χ1n) is 14.2. The summed E-state index contributed by atoms with van der Waals surface area (Å²) in [6, 6.07) is 9.96. The van der Waals surface area contributed by atoms with Crippen LogP contribution in [-0.4, -0.2) is 91.1 Å². The highest BCUT2D eigenvalue weighted by Crippen LogP contribution is 2.30. The predicted molar refractivity (Wildman–Crippen MR) is 151 cm³/mol. The van der Waals surface area contributed by atoms with Crippen LogP contribution in [0.4, 0.5) is 15.3 Å². The Hall–Kier alpha value is -3.28. The number of rotatable bonds is 7. The normalized spacial score (nSPS) is 20.7. The fraction of sp³-hybridized carbons (Fsp3) is 0.667. The maximum Gasteiger partial charge on any atom is 0.410 e. The molecular weight excluding hydrogens is 494 g/mol. The van der Waals surface area contributed by atoms with Crippen LogP contribution in [0.1, 0.15) is 58.9 Å². The maximum atomic E-state index is 13.5. The molecule has 0 unspecified atom stereocenters. The number of amides is 3. The molecule has 0 aliphatic carbocycles. The second-order valence-corrected chi connectivity index (χ2v) is 11.9. The van der Waals surface area contributed by atoms with Gasteiger partial charge in [-0.1, -0.05) is 25.5 Å². The summed E-state index contributed by atoms with van der Waals surface area (Å²) in [7, 11) is 3.54. The molecule has 2 aliphatic rings. The molecule has 2 heterocycles. The number of hydrogen-bond acceptors (Lipinski definition) is 6. The zero-order chi connectivity index (χ0) is 28.7. The van der Waals surface area contributed by atoms with Gasteiger partial charge in [0.05, 0.1) is 18.0 Å². The van der Waals surface area contributed by atoms with Crippen molar-refractivity contribution in [3.63, 3.8) is 0 Å². The molecule has 1 aromatic carbocycles. The third-order valence-corrected chi connectivity index (χ3v) is 7.59. The van der Waals surface area contributed by atoms with E-state index in [1.807, 2.05) is 56.9 Å². The monoisotopic (exact) mass is 539 g/mol. The Kier molecular flexibility index (Phi) is 10.2. The van der Waals surface area contributed by atoms with Gasteiger partial charge in [0.2, 0.25) is 0 Å². The third-order valence-electron chi connectivity index (χ3n) is 7.59. The number of urea groups is 1. The Morgan fingerprint density at radius 1 is 1.08 bits per heavy atom. The van der Waals surface area contributed by atoms with Gasteiger partial charge in [-0.25, -0.2) is 9.59 Å². The van der Waals surface area contributed by atoms with E-state index in [9.17, 15) is 19.6 Å². The van der Waals surface area contributed by atoms with Gasteiger partial charge in [0.25, 0.3) is 0 Å². The Morgan fingerprint density at radius 2 is 1.72 bits per heavy atom. The average Bonchev–Trinajstić information content (AvgIpc) is 2.91. The lowest BCUT2D eigenvalue weighted by molar-refractivity contribution is -0.128. The minimum atomic E-state index is -0.636. The lowest BCUT2D eigenvalue weighted by Crippen LogP contribution is -2.54. The predicted octanol–water partition coefficient (Wildman–Crippen LogP) is 4.56. The van der Waals surface area contributed by atoms with Gasteiger partial charge in [0, 0.05) is 58.9 Å². The Morgan fingerprint density at radius 3 is 2.26 bits per heavy atom. The first-order valence-corrected chi connectivity index (χ1v) is 14.2. The van der Waals surface area contributed by atoms with E-state index in [0.717, 1.165) is 43.6 Å². The minimum absolute atomic E-state index is 0.0368. The van der Waals surface area contributed by atoms with Crippen molar-refractivity contribution in [1.82, 2.24) is 14.7 Å². The second-order valence-electron chi connectivity index (χ2n) is 11.9. The minimum Gasteiger partial charge on any atom is -0.444 e. The number of ether oxygens (including phenoxy) is 1. The SMILES string of the molecule is CC[C@@H]1CCCN(C(=O)OC(C)(C)C)[C@@H]1C(=O)C[C@H](C#N)Cc1ccc(N2CCN(C(=O)N(C)C)CC2)cc1. The molecule has 214 valence electrons. The van der Waals surface area contributed by atoms with E-state index in [-0.39, 0.29) is 24.2 Å². The summed E-state index contributed by atoms with van der Waals surface area (Å²) in [6.07, 6.45) is 2.67. The van der Waals surface area contributed by atoms with Crippen molar-refractivity contribution in [1.29, 1.82) is 5.26 Å². The molecule has 0 aromatic heterocycles. The van der Waals surface area contributed by atoms with Gasteiger partial charge in [-0.3, -0.25) is 9.69 Å². The molecule has 9 nitrogen and oxygen atoms in total. The van der Waals surface area contributed by atoms with Gasteiger partial charge >= 0.3 is 12.1 Å². The molecule has 0 N–H and O–H groups in total. The number of Topliss-reactive ketones (excluding diaryl/α,β-unsaturated/α-hetero) is 1. The number of piperazine rings is 1. The quantitative estimate of drug-likeness (QED) is 0.504. The van der Waals surface area contributed by atoms with Gasteiger partial charge in [-0.05, 0) is 63.6 Å². The first kappa shape index (κ1) is 30.3. The van der Waals surface area contributed by atoms with Crippen molar-refractivity contribution >= 4 is 23.6 Å². The molecule has 0 radical (unpaired) electrons. The largest absolute Gasteiger partial charge is 0.444 e. The Bertz CT molecular complexity index is 1030. The molecular formula is C30H45N5O4. The van der Waals surface area contributed by atoms with Gasteiger partial charge in [0.1, 0.15) is 5.60 Å². The van der Waals surface area contributed by atoms with E-state index in [1.165, 1.54) is 0 Å². The van der Waals surface area contributed by atoms with Crippen LogP contribution in [0.2, 0.25) is 0 Å². The van der Waals surface area contributed by atoms with E-state index >= 15 is 0 Å². The van der Waals surface area contributed by atoms with Crippen molar-refractivity contribution in [2.45, 2.75) is 71.4 Å². The number of anilines is 1. The number of piperidine rings is 1. The van der Waals surface area contributed by atoms with Crippen molar-refractivity contribution in [3.8, 4) is 6.07 Å². The summed E-state index contributed by atoms with van der Waals surface area (Å²) in [5, 5.41) is 9.90. The second kappa shape index (κ2) is 13.2. The van der Waals surface area contributed by atoms with Crippen LogP contribution < -0.4 is 4.90 Å². The van der Waals surface area contributed by atoms with E-state index in [0.29, 0.717) is 26.1 Å². The third kappa shape index (κ3) is 8.11. The van der Waals surface area contributed by atoms with Crippen LogP contribution in [-0.2, 0) is 16.0 Å². The number of likely N-dealkylation sites (tertiary alicyclic amines) is 1. The molecule has 3 amide bonds. The van der Waals surface area contributed by atoms with Crippen molar-refractivity contribution in [3.05, 3.63) is 29.8 Å². The number of ketones is 1. The number of benzene rings is 1. The summed E-state index contributed by atoms with van der Waals surface area (Å²) in [4.78, 5) is 46.0. The summed E-state index contributed by atoms with van der Waals surface area (Å²) >= 11 is 0. The highest BCUT2D eigenvalue weighted by Gasteiger charge is 2.40. The fourth-order valence-electron chi connectivity index (χ4n) is 5.56. The van der Waals surface area contributed by atoms with Crippen LogP contribution >= 0.6 is 0 Å². The number of hydrogen-bond donors (Lipinski definition) is 0. The molecule has 1 aromatic rings. The number of nitrogens with zero attached hydrogens (tertiary/aromatic N) is 5. The topological polar surface area (TPSA) is 97.2 Å². The maximum absolute atomic E-state index is 13.5. The molecule has 3 rings (SSSR count). The highest BCUT2D eigenvalue weighted by atomic mass is 16.6. The Balaban J connectivity index is 1.61. The first-order chi connectivity index (χ1) is 18.4. The Labute approximate surface area is 233 Å². The van der Waals surface area contributed by atoms with E-state index in [2.05, 4.69) is 11.0 Å². The summed E-state index contributed by atoms with van der Waals surface area (Å²) in [5.74, 6) is -0.449. The van der Waals surface area contributed by atoms with Crippen LogP contribution in [0.5, 0.6) is 0 Å². The molecule has 9 heteroatoms. The summed E-state index contributed by atoms with van der Waals surface area (Å²) in [5.41, 5.74) is 1.45. The van der Waals surface area contributed by atoms with Gasteiger partial charge in [-0.2, -0.15) is 5.26 Å². The van der Waals surface area contributed by atoms with Gasteiger partial charge in [-0.15, -0.1) is 0 Å². The van der Waals surface area contributed by atoms with Crippen LogP contribution in [0.15, 0.2) is 24.3 Å². The van der Waals surface area contributed by atoms with Gasteiger partial charge < -0.3 is 19.4 Å². The molecule has 2 aliphatic heterocycles. The van der Waals surface area contributed by atoms with Crippen molar-refractivity contribution in [2.24, 2.45) is 11.8 Å². The van der Waals surface area contributed by atoms with Crippen molar-refractivity contribution < 1.29 is 19.1 Å². The van der Waals surface area contributed by atoms with Crippen molar-refractivity contribution in [2.75, 3.05) is 51.7 Å². The molecule has 2 fully saturated rings. The average molecular weight is 540 g/mol. The van der Waals surface area contributed by atoms with Crippen LogP contribution in [0, 0.1) is 23.2 Å².